The number of rotatable bonds is 4. The van der Waals surface area contributed by atoms with Crippen LogP contribution in [0.15, 0.2) is 18.2 Å². The fourth-order valence-electron chi connectivity index (χ4n) is 1.38. The van der Waals surface area contributed by atoms with Gasteiger partial charge in [-0.05, 0) is 31.0 Å². The van der Waals surface area contributed by atoms with Crippen LogP contribution in [0.25, 0.3) is 0 Å². The van der Waals surface area contributed by atoms with Gasteiger partial charge in [-0.25, -0.2) is 0 Å². The Morgan fingerprint density at radius 1 is 1.20 bits per heavy atom. The van der Waals surface area contributed by atoms with Crippen molar-refractivity contribution in [2.24, 2.45) is 5.73 Å². The van der Waals surface area contributed by atoms with E-state index in [1.807, 2.05) is 25.1 Å². The minimum atomic E-state index is 0. The summed E-state index contributed by atoms with van der Waals surface area (Å²) in [6.07, 6.45) is 0.848. The number of ether oxygens (including phenoxy) is 2. The number of hydrogen-bond donors (Lipinski definition) is 1. The number of nitrogens with two attached hydrogens (primary N) is 1. The Labute approximate surface area is 97.0 Å². The highest BCUT2D eigenvalue weighted by Gasteiger charge is 2.05. The molecule has 0 saturated heterocycles. The molecule has 0 aliphatic carbocycles. The zero-order chi connectivity index (χ0) is 10.6. The highest BCUT2D eigenvalue weighted by molar-refractivity contribution is 5.85. The lowest BCUT2D eigenvalue weighted by Gasteiger charge is -2.10. The fraction of sp³-hybridized carbons (Fsp3) is 0.455. The molecule has 3 nitrogen and oxygen atoms in total. The van der Waals surface area contributed by atoms with Crippen LogP contribution in [-0.4, -0.2) is 20.3 Å². The van der Waals surface area contributed by atoms with Crippen molar-refractivity contribution in [2.75, 3.05) is 14.2 Å². The predicted octanol–water partition coefficient (Wildman–Crippen LogP) is 2.02. The SMILES string of the molecule is COc1ccc(C[C@H](C)N)cc1OC.Cl. The van der Waals surface area contributed by atoms with Crippen LogP contribution in [0.5, 0.6) is 11.5 Å². The van der Waals surface area contributed by atoms with Crippen LogP contribution in [-0.2, 0) is 6.42 Å². The van der Waals surface area contributed by atoms with E-state index in [4.69, 9.17) is 15.2 Å². The molecule has 1 aromatic rings. The van der Waals surface area contributed by atoms with E-state index in [1.165, 1.54) is 0 Å². The summed E-state index contributed by atoms with van der Waals surface area (Å²) in [6.45, 7) is 1.98. The maximum Gasteiger partial charge on any atom is 0.160 e. The molecule has 0 fully saturated rings. The van der Waals surface area contributed by atoms with E-state index in [0.717, 1.165) is 23.5 Å². The zero-order valence-corrected chi connectivity index (χ0v) is 10.1. The van der Waals surface area contributed by atoms with Crippen molar-refractivity contribution >= 4 is 12.4 Å². The van der Waals surface area contributed by atoms with Gasteiger partial charge in [0.25, 0.3) is 0 Å². The lowest BCUT2D eigenvalue weighted by Crippen LogP contribution is -2.17. The van der Waals surface area contributed by atoms with Crippen molar-refractivity contribution in [3.05, 3.63) is 23.8 Å². The molecule has 0 amide bonds. The topological polar surface area (TPSA) is 44.5 Å². The van der Waals surface area contributed by atoms with Crippen LogP contribution in [0.3, 0.4) is 0 Å². The van der Waals surface area contributed by atoms with Crippen molar-refractivity contribution in [1.29, 1.82) is 0 Å². The Morgan fingerprint density at radius 3 is 2.27 bits per heavy atom. The van der Waals surface area contributed by atoms with Crippen LogP contribution in [0, 0.1) is 0 Å². The molecule has 0 aromatic heterocycles. The van der Waals surface area contributed by atoms with Crippen LogP contribution in [0.4, 0.5) is 0 Å². The van der Waals surface area contributed by atoms with Crippen LogP contribution in [0.2, 0.25) is 0 Å². The zero-order valence-electron chi connectivity index (χ0n) is 9.32. The minimum Gasteiger partial charge on any atom is -0.493 e. The molecule has 4 heteroatoms. The summed E-state index contributed by atoms with van der Waals surface area (Å²) in [5, 5.41) is 0. The van der Waals surface area contributed by atoms with Gasteiger partial charge >= 0.3 is 0 Å². The third kappa shape index (κ3) is 3.98. The van der Waals surface area contributed by atoms with Gasteiger partial charge in [0, 0.05) is 6.04 Å². The van der Waals surface area contributed by atoms with Gasteiger partial charge in [-0.15, -0.1) is 12.4 Å². The van der Waals surface area contributed by atoms with Gasteiger partial charge < -0.3 is 15.2 Å². The van der Waals surface area contributed by atoms with E-state index in [0.29, 0.717) is 0 Å². The molecular weight excluding hydrogens is 214 g/mol. The Bertz CT molecular complexity index is 303. The summed E-state index contributed by atoms with van der Waals surface area (Å²) in [6, 6.07) is 6.02. The monoisotopic (exact) mass is 231 g/mol. The second kappa shape index (κ2) is 6.53. The summed E-state index contributed by atoms with van der Waals surface area (Å²) in [5.41, 5.74) is 6.88. The Hall–Kier alpha value is -0.930. The van der Waals surface area contributed by atoms with Crippen molar-refractivity contribution in [1.82, 2.24) is 0 Å². The maximum absolute atomic E-state index is 5.71. The second-order valence-electron chi connectivity index (χ2n) is 3.37. The standard InChI is InChI=1S/C11H17NO2.ClH/c1-8(12)6-9-4-5-10(13-2)11(7-9)14-3;/h4-5,7-8H,6,12H2,1-3H3;1H/t8-;/m0./s1. The van der Waals surface area contributed by atoms with Crippen LogP contribution < -0.4 is 15.2 Å². The van der Waals surface area contributed by atoms with Crippen molar-refractivity contribution in [3.8, 4) is 11.5 Å². The van der Waals surface area contributed by atoms with Crippen molar-refractivity contribution < 1.29 is 9.47 Å². The molecule has 0 bridgehead atoms. The predicted molar refractivity (Wildman–Crippen MR) is 64.1 cm³/mol. The fourth-order valence-corrected chi connectivity index (χ4v) is 1.38. The molecule has 2 N–H and O–H groups in total. The van der Waals surface area contributed by atoms with E-state index in [9.17, 15) is 0 Å². The van der Waals surface area contributed by atoms with Crippen LogP contribution >= 0.6 is 12.4 Å². The quantitative estimate of drug-likeness (QED) is 0.862. The molecule has 0 spiro atoms. The lowest BCUT2D eigenvalue weighted by atomic mass is 10.1. The molecule has 15 heavy (non-hydrogen) atoms. The highest BCUT2D eigenvalue weighted by Crippen LogP contribution is 2.27. The first-order chi connectivity index (χ1) is 6.67. The van der Waals surface area contributed by atoms with E-state index >= 15 is 0 Å². The smallest absolute Gasteiger partial charge is 0.160 e. The van der Waals surface area contributed by atoms with Gasteiger partial charge in [0.15, 0.2) is 11.5 Å². The van der Waals surface area contributed by atoms with E-state index in [-0.39, 0.29) is 18.4 Å². The molecule has 1 atom stereocenters. The number of benzene rings is 1. The summed E-state index contributed by atoms with van der Waals surface area (Å²) in [4.78, 5) is 0. The Kier molecular flexibility index (Phi) is 6.13. The number of methoxy groups -OCH3 is 2. The summed E-state index contributed by atoms with van der Waals surface area (Å²) < 4.78 is 10.3. The summed E-state index contributed by atoms with van der Waals surface area (Å²) >= 11 is 0. The molecular formula is C11H18ClNO2. The maximum atomic E-state index is 5.71. The second-order valence-corrected chi connectivity index (χ2v) is 3.37. The Balaban J connectivity index is 0.00000196. The first-order valence-electron chi connectivity index (χ1n) is 4.64. The summed E-state index contributed by atoms with van der Waals surface area (Å²) in [5.74, 6) is 1.51. The minimum absolute atomic E-state index is 0. The molecule has 86 valence electrons. The van der Waals surface area contributed by atoms with Gasteiger partial charge in [-0.1, -0.05) is 6.07 Å². The molecule has 0 heterocycles. The average Bonchev–Trinajstić information content (AvgIpc) is 2.16. The molecule has 1 rings (SSSR count). The average molecular weight is 232 g/mol. The molecule has 0 saturated carbocycles. The summed E-state index contributed by atoms with van der Waals surface area (Å²) in [7, 11) is 3.26. The number of hydrogen-bond acceptors (Lipinski definition) is 3. The third-order valence-corrected chi connectivity index (χ3v) is 2.01. The van der Waals surface area contributed by atoms with E-state index in [2.05, 4.69) is 0 Å². The van der Waals surface area contributed by atoms with E-state index in [1.54, 1.807) is 14.2 Å². The lowest BCUT2D eigenvalue weighted by molar-refractivity contribution is 0.354. The molecule has 0 unspecified atom stereocenters. The van der Waals surface area contributed by atoms with E-state index < -0.39 is 0 Å². The Morgan fingerprint density at radius 2 is 1.80 bits per heavy atom. The molecule has 0 radical (unpaired) electrons. The van der Waals surface area contributed by atoms with Crippen molar-refractivity contribution in [2.45, 2.75) is 19.4 Å². The van der Waals surface area contributed by atoms with Crippen LogP contribution in [0.1, 0.15) is 12.5 Å². The third-order valence-electron chi connectivity index (χ3n) is 2.01. The number of halogens is 1. The van der Waals surface area contributed by atoms with Gasteiger partial charge in [0.1, 0.15) is 0 Å². The first-order valence-corrected chi connectivity index (χ1v) is 4.64. The van der Waals surface area contributed by atoms with Crippen molar-refractivity contribution in [3.63, 3.8) is 0 Å². The van der Waals surface area contributed by atoms with Gasteiger partial charge in [0.05, 0.1) is 14.2 Å². The van der Waals surface area contributed by atoms with Gasteiger partial charge in [0.2, 0.25) is 0 Å². The molecule has 1 aromatic carbocycles. The molecule has 0 aliphatic heterocycles. The normalized spacial score (nSPS) is 11.5. The first kappa shape index (κ1) is 14.1. The highest BCUT2D eigenvalue weighted by atomic mass is 35.5. The van der Waals surface area contributed by atoms with Gasteiger partial charge in [-0.2, -0.15) is 0 Å². The largest absolute Gasteiger partial charge is 0.493 e. The molecule has 0 aliphatic rings. The van der Waals surface area contributed by atoms with Gasteiger partial charge in [-0.3, -0.25) is 0 Å².